The van der Waals surface area contributed by atoms with E-state index in [9.17, 15) is 0 Å². The Hall–Kier alpha value is 0.567. The van der Waals surface area contributed by atoms with Gasteiger partial charge in [0.2, 0.25) is 0 Å². The Morgan fingerprint density at radius 2 is 1.67 bits per heavy atom. The maximum absolute atomic E-state index is 1.61. The zero-order chi connectivity index (χ0) is 4.41. The first-order valence-electron chi connectivity index (χ1n) is 2.58. The summed E-state index contributed by atoms with van der Waals surface area (Å²) in [7, 11) is 2.19. The molecule has 1 fully saturated rings. The summed E-state index contributed by atoms with van der Waals surface area (Å²) in [5.41, 5.74) is 0. The summed E-state index contributed by atoms with van der Waals surface area (Å²) in [5.74, 6) is 3.23. The molecule has 0 radical (unpaired) electrons. The summed E-state index contributed by atoms with van der Waals surface area (Å²) in [6.45, 7) is 0. The van der Waals surface area contributed by atoms with Gasteiger partial charge in [0.1, 0.15) is 0 Å². The number of rotatable bonds is 0. The second-order valence-corrected chi connectivity index (χ2v) is 8.41. The highest BCUT2D eigenvalue weighted by Gasteiger charge is 2.03. The first kappa shape index (κ1) is 4.72. The summed E-state index contributed by atoms with van der Waals surface area (Å²) in [5, 5.41) is 0. The van der Waals surface area contributed by atoms with Crippen LogP contribution in [0.25, 0.3) is 0 Å². The van der Waals surface area contributed by atoms with Crippen molar-refractivity contribution in [2.75, 3.05) is 11.5 Å². The zero-order valence-corrected chi connectivity index (χ0v) is 7.17. The fourth-order valence-electron chi connectivity index (χ4n) is 0.875. The van der Waals surface area contributed by atoms with Crippen LogP contribution in [0.15, 0.2) is 0 Å². The van der Waals surface area contributed by atoms with Crippen LogP contribution < -0.4 is 0 Å². The highest BCUT2D eigenvalue weighted by molar-refractivity contribution is 8.35. The van der Waals surface area contributed by atoms with Crippen LogP contribution in [-0.2, 0) is 0 Å². The van der Waals surface area contributed by atoms with Crippen LogP contribution in [0.4, 0.5) is 0 Å². The Morgan fingerprint density at radius 3 is 1.83 bits per heavy atom. The Kier molecular flexibility index (Phi) is 1.59. The van der Waals surface area contributed by atoms with Gasteiger partial charge in [-0.3, -0.25) is 10.3 Å². The third-order valence-electron chi connectivity index (χ3n) is 1.33. The van der Waals surface area contributed by atoms with Crippen LogP contribution in [0.3, 0.4) is 0 Å². The van der Waals surface area contributed by atoms with E-state index in [1.54, 1.807) is 24.3 Å². The Balaban J connectivity index is 2.18. The van der Waals surface area contributed by atoms with Crippen molar-refractivity contribution >= 4 is 19.7 Å². The average molecular weight is 120 g/mol. The van der Waals surface area contributed by atoms with Gasteiger partial charge in [0.05, 0.1) is 0 Å². The molecule has 0 aliphatic carbocycles. The molecule has 0 amide bonds. The minimum absolute atomic E-state index is 0.674. The molecule has 0 atom stereocenters. The van der Waals surface area contributed by atoms with Crippen molar-refractivity contribution < 1.29 is 0 Å². The lowest BCUT2D eigenvalue weighted by atomic mass is 10.4. The van der Waals surface area contributed by atoms with E-state index in [1.165, 1.54) is 9.39 Å². The van der Waals surface area contributed by atoms with Gasteiger partial charge in [-0.1, -0.05) is 0 Å². The molecule has 1 saturated heterocycles. The minimum atomic E-state index is 0.674. The molecule has 0 aromatic rings. The van der Waals surface area contributed by atoms with Gasteiger partial charge in [-0.15, -0.1) is 0 Å². The van der Waals surface area contributed by atoms with Gasteiger partial charge in [-0.05, 0) is 24.3 Å². The van der Waals surface area contributed by atoms with Crippen molar-refractivity contribution in [2.45, 2.75) is 12.8 Å². The zero-order valence-electron chi connectivity index (χ0n) is 4.28. The van der Waals surface area contributed by atoms with E-state index in [0.29, 0.717) is 10.3 Å². The monoisotopic (exact) mass is 120 g/mol. The first-order valence-corrected chi connectivity index (χ1v) is 7.42. The minimum Gasteiger partial charge on any atom is -0.274 e. The highest BCUT2D eigenvalue weighted by atomic mass is 32.4. The SMILES string of the molecule is [SiH3][SH]1CCCC1. The first-order chi connectivity index (χ1) is 2.89. The predicted octanol–water partition coefficient (Wildman–Crippen LogP) is 0.0618. The van der Waals surface area contributed by atoms with Crippen LogP contribution in [0.2, 0.25) is 0 Å². The fraction of sp³-hybridized carbons (Fsp3) is 1.00. The largest absolute Gasteiger partial charge is 0.274 e. The molecule has 0 saturated carbocycles. The Labute approximate surface area is 44.7 Å². The van der Waals surface area contributed by atoms with Crippen LogP contribution in [0.1, 0.15) is 12.8 Å². The van der Waals surface area contributed by atoms with Crippen molar-refractivity contribution in [3.63, 3.8) is 0 Å². The van der Waals surface area contributed by atoms with E-state index in [2.05, 4.69) is 0 Å². The maximum atomic E-state index is 1.61. The lowest BCUT2D eigenvalue weighted by molar-refractivity contribution is 0.949. The van der Waals surface area contributed by atoms with Gasteiger partial charge in [0.25, 0.3) is 0 Å². The van der Waals surface area contributed by atoms with E-state index >= 15 is 0 Å². The van der Waals surface area contributed by atoms with Gasteiger partial charge in [-0.2, -0.15) is 0 Å². The maximum Gasteiger partial charge on any atom is 0.0458 e. The molecule has 6 heavy (non-hydrogen) atoms. The molecule has 0 aromatic carbocycles. The summed E-state index contributed by atoms with van der Waals surface area (Å²) in [6.07, 6.45) is 3.10. The molecule has 0 spiro atoms. The molecular formula is C4H12SSi. The van der Waals surface area contributed by atoms with Crippen molar-refractivity contribution in [1.29, 1.82) is 0 Å². The smallest absolute Gasteiger partial charge is 0.0458 e. The standard InChI is InChI=1S/C4H12SSi/c6-5-3-1-2-4-5/h5H,1-4H2,6H3. The van der Waals surface area contributed by atoms with Crippen LogP contribution in [0.5, 0.6) is 0 Å². The second kappa shape index (κ2) is 2.03. The van der Waals surface area contributed by atoms with Gasteiger partial charge in [0, 0.05) is 9.39 Å². The van der Waals surface area contributed by atoms with Crippen molar-refractivity contribution in [3.8, 4) is 0 Å². The van der Waals surface area contributed by atoms with Crippen LogP contribution in [-0.4, -0.2) is 20.9 Å². The van der Waals surface area contributed by atoms with Gasteiger partial charge < -0.3 is 0 Å². The highest BCUT2D eigenvalue weighted by Crippen LogP contribution is 2.28. The summed E-state index contributed by atoms with van der Waals surface area (Å²) >= 11 is 0. The van der Waals surface area contributed by atoms with Crippen LogP contribution >= 0.6 is 10.3 Å². The predicted molar refractivity (Wildman–Crippen MR) is 37.9 cm³/mol. The fourth-order valence-corrected chi connectivity index (χ4v) is 4.52. The van der Waals surface area contributed by atoms with Crippen molar-refractivity contribution in [2.24, 2.45) is 0 Å². The molecule has 38 valence electrons. The molecule has 2 heteroatoms. The number of hydrogen-bond donors (Lipinski definition) is 1. The topological polar surface area (TPSA) is 0 Å². The summed E-state index contributed by atoms with van der Waals surface area (Å²) in [6, 6.07) is 0. The lowest BCUT2D eigenvalue weighted by Gasteiger charge is -1.99. The van der Waals surface area contributed by atoms with E-state index in [1.807, 2.05) is 0 Å². The lowest BCUT2D eigenvalue weighted by Crippen LogP contribution is -1.75. The third-order valence-corrected chi connectivity index (χ3v) is 6.17. The van der Waals surface area contributed by atoms with Crippen molar-refractivity contribution in [3.05, 3.63) is 0 Å². The average Bonchev–Trinajstić information content (AvgIpc) is 1.86. The van der Waals surface area contributed by atoms with E-state index < -0.39 is 0 Å². The molecule has 0 nitrogen and oxygen atoms in total. The second-order valence-electron chi connectivity index (χ2n) is 2.01. The molecule has 0 aromatic heterocycles. The van der Waals surface area contributed by atoms with Gasteiger partial charge >= 0.3 is 0 Å². The van der Waals surface area contributed by atoms with Gasteiger partial charge in [-0.25, -0.2) is 0 Å². The molecule has 1 aliphatic rings. The van der Waals surface area contributed by atoms with Crippen LogP contribution in [0, 0.1) is 0 Å². The number of thiol groups is 1. The van der Waals surface area contributed by atoms with E-state index in [0.717, 1.165) is 0 Å². The normalized spacial score (nSPS) is 29.0. The van der Waals surface area contributed by atoms with E-state index in [-0.39, 0.29) is 0 Å². The summed E-state index contributed by atoms with van der Waals surface area (Å²) < 4.78 is 0. The molecule has 1 heterocycles. The third kappa shape index (κ3) is 1.01. The van der Waals surface area contributed by atoms with Gasteiger partial charge in [0.15, 0.2) is 0 Å². The molecule has 0 unspecified atom stereocenters. The molecule has 1 aliphatic heterocycles. The Bertz CT molecular complexity index is 40.8. The quantitative estimate of drug-likeness (QED) is 0.339. The molecular weight excluding hydrogens is 108 g/mol. The Morgan fingerprint density at radius 1 is 1.17 bits per heavy atom. The van der Waals surface area contributed by atoms with Crippen molar-refractivity contribution in [1.82, 2.24) is 0 Å². The molecule has 1 rings (SSSR count). The molecule has 0 N–H and O–H groups in total. The molecule has 0 bridgehead atoms. The summed E-state index contributed by atoms with van der Waals surface area (Å²) in [4.78, 5) is 0. The number of hydrogen-bond acceptors (Lipinski definition) is 0. The van der Waals surface area contributed by atoms with E-state index in [4.69, 9.17) is 0 Å².